The highest BCUT2D eigenvalue weighted by Gasteiger charge is 2.14. The Morgan fingerprint density at radius 1 is 1.05 bits per heavy atom. The SMILES string of the molecule is COc1ccc(COC(CNC(C)C)C(C)C)cc1. The third-order valence-electron chi connectivity index (χ3n) is 3.09. The van der Waals surface area contributed by atoms with Gasteiger partial charge in [0.15, 0.2) is 0 Å². The van der Waals surface area contributed by atoms with E-state index in [9.17, 15) is 0 Å². The normalized spacial score (nSPS) is 13.0. The third kappa shape index (κ3) is 6.08. The Hall–Kier alpha value is -1.06. The average Bonchev–Trinajstić information content (AvgIpc) is 2.38. The molecule has 0 aliphatic rings. The summed E-state index contributed by atoms with van der Waals surface area (Å²) in [6.07, 6.45) is 0.240. The van der Waals surface area contributed by atoms with Crippen LogP contribution in [0.1, 0.15) is 33.3 Å². The van der Waals surface area contributed by atoms with Crippen LogP contribution in [0.25, 0.3) is 0 Å². The zero-order valence-corrected chi connectivity index (χ0v) is 12.8. The van der Waals surface area contributed by atoms with E-state index in [0.29, 0.717) is 18.6 Å². The minimum absolute atomic E-state index is 0.240. The lowest BCUT2D eigenvalue weighted by Gasteiger charge is -2.23. The Morgan fingerprint density at radius 2 is 1.68 bits per heavy atom. The summed E-state index contributed by atoms with van der Waals surface area (Å²) in [5, 5.41) is 3.44. The fraction of sp³-hybridized carbons (Fsp3) is 0.625. The summed E-state index contributed by atoms with van der Waals surface area (Å²) in [5.41, 5.74) is 1.18. The van der Waals surface area contributed by atoms with Gasteiger partial charge in [-0.05, 0) is 23.6 Å². The molecule has 1 atom stereocenters. The number of rotatable bonds is 8. The smallest absolute Gasteiger partial charge is 0.118 e. The van der Waals surface area contributed by atoms with Gasteiger partial charge in [-0.15, -0.1) is 0 Å². The van der Waals surface area contributed by atoms with Gasteiger partial charge in [0.1, 0.15) is 5.75 Å². The van der Waals surface area contributed by atoms with E-state index in [0.717, 1.165) is 12.3 Å². The van der Waals surface area contributed by atoms with E-state index in [4.69, 9.17) is 9.47 Å². The molecule has 0 aliphatic heterocycles. The number of benzene rings is 1. The van der Waals surface area contributed by atoms with Crippen molar-refractivity contribution < 1.29 is 9.47 Å². The number of nitrogens with one attached hydrogen (secondary N) is 1. The molecule has 0 saturated carbocycles. The highest BCUT2D eigenvalue weighted by atomic mass is 16.5. The maximum absolute atomic E-state index is 6.01. The molecule has 1 unspecified atom stereocenters. The first kappa shape index (κ1) is 16.0. The van der Waals surface area contributed by atoms with E-state index < -0.39 is 0 Å². The minimum Gasteiger partial charge on any atom is -0.497 e. The number of hydrogen-bond donors (Lipinski definition) is 1. The van der Waals surface area contributed by atoms with Crippen LogP contribution in [0.15, 0.2) is 24.3 Å². The zero-order valence-electron chi connectivity index (χ0n) is 12.8. The van der Waals surface area contributed by atoms with Gasteiger partial charge in [0.05, 0.1) is 19.8 Å². The maximum Gasteiger partial charge on any atom is 0.118 e. The van der Waals surface area contributed by atoms with Crippen molar-refractivity contribution in [1.82, 2.24) is 5.32 Å². The van der Waals surface area contributed by atoms with Crippen LogP contribution in [-0.2, 0) is 11.3 Å². The highest BCUT2D eigenvalue weighted by molar-refractivity contribution is 5.26. The lowest BCUT2D eigenvalue weighted by Crippen LogP contribution is -2.36. The Labute approximate surface area is 117 Å². The van der Waals surface area contributed by atoms with Crippen molar-refractivity contribution in [3.05, 3.63) is 29.8 Å². The molecule has 19 heavy (non-hydrogen) atoms. The number of ether oxygens (including phenoxy) is 2. The molecule has 3 nitrogen and oxygen atoms in total. The summed E-state index contributed by atoms with van der Waals surface area (Å²) in [6, 6.07) is 8.52. The van der Waals surface area contributed by atoms with Crippen molar-refractivity contribution in [2.75, 3.05) is 13.7 Å². The van der Waals surface area contributed by atoms with E-state index in [1.807, 2.05) is 24.3 Å². The first-order valence-electron chi connectivity index (χ1n) is 7.00. The topological polar surface area (TPSA) is 30.5 Å². The summed E-state index contributed by atoms with van der Waals surface area (Å²) in [4.78, 5) is 0. The van der Waals surface area contributed by atoms with Gasteiger partial charge in [0, 0.05) is 12.6 Å². The fourth-order valence-electron chi connectivity index (χ4n) is 1.76. The van der Waals surface area contributed by atoms with Crippen molar-refractivity contribution in [2.45, 2.75) is 46.4 Å². The second kappa shape index (κ2) is 8.18. The molecule has 1 N–H and O–H groups in total. The second-order valence-electron chi connectivity index (χ2n) is 5.50. The van der Waals surface area contributed by atoms with Crippen LogP contribution in [0, 0.1) is 5.92 Å². The third-order valence-corrected chi connectivity index (χ3v) is 3.09. The molecule has 0 saturated heterocycles. The molecule has 0 bridgehead atoms. The van der Waals surface area contributed by atoms with Gasteiger partial charge in [-0.1, -0.05) is 39.8 Å². The fourth-order valence-corrected chi connectivity index (χ4v) is 1.76. The van der Waals surface area contributed by atoms with E-state index in [-0.39, 0.29) is 6.10 Å². The molecular weight excluding hydrogens is 238 g/mol. The Morgan fingerprint density at radius 3 is 2.16 bits per heavy atom. The van der Waals surface area contributed by atoms with Gasteiger partial charge in [-0.3, -0.25) is 0 Å². The van der Waals surface area contributed by atoms with Gasteiger partial charge >= 0.3 is 0 Å². The molecular formula is C16H27NO2. The van der Waals surface area contributed by atoms with E-state index in [1.165, 1.54) is 5.56 Å². The summed E-state index contributed by atoms with van der Waals surface area (Å²) in [5.74, 6) is 1.38. The second-order valence-corrected chi connectivity index (χ2v) is 5.50. The molecule has 0 heterocycles. The monoisotopic (exact) mass is 265 g/mol. The predicted molar refractivity (Wildman–Crippen MR) is 79.5 cm³/mol. The minimum atomic E-state index is 0.240. The van der Waals surface area contributed by atoms with Gasteiger partial charge < -0.3 is 14.8 Å². The van der Waals surface area contributed by atoms with Crippen molar-refractivity contribution in [2.24, 2.45) is 5.92 Å². The quantitative estimate of drug-likeness (QED) is 0.783. The molecule has 0 fully saturated rings. The zero-order chi connectivity index (χ0) is 14.3. The molecule has 1 aromatic rings. The number of methoxy groups -OCH3 is 1. The molecule has 3 heteroatoms. The van der Waals surface area contributed by atoms with Gasteiger partial charge in [-0.25, -0.2) is 0 Å². The van der Waals surface area contributed by atoms with Crippen molar-refractivity contribution in [1.29, 1.82) is 0 Å². The van der Waals surface area contributed by atoms with Crippen molar-refractivity contribution >= 4 is 0 Å². The summed E-state index contributed by atoms with van der Waals surface area (Å²) < 4.78 is 11.2. The van der Waals surface area contributed by atoms with Crippen molar-refractivity contribution in [3.63, 3.8) is 0 Å². The molecule has 0 aliphatic carbocycles. The van der Waals surface area contributed by atoms with Crippen LogP contribution in [0.5, 0.6) is 5.75 Å². The largest absolute Gasteiger partial charge is 0.497 e. The van der Waals surface area contributed by atoms with Gasteiger partial charge in [0.25, 0.3) is 0 Å². The molecule has 108 valence electrons. The molecule has 0 radical (unpaired) electrons. The first-order chi connectivity index (χ1) is 9.02. The average molecular weight is 265 g/mol. The Kier molecular flexibility index (Phi) is 6.89. The van der Waals surface area contributed by atoms with Gasteiger partial charge in [0.2, 0.25) is 0 Å². The van der Waals surface area contributed by atoms with E-state index >= 15 is 0 Å². The standard InChI is InChI=1S/C16H27NO2/c1-12(2)16(10-17-13(3)4)19-11-14-6-8-15(18-5)9-7-14/h6-9,12-13,16-17H,10-11H2,1-5H3. The summed E-state index contributed by atoms with van der Waals surface area (Å²) in [6.45, 7) is 10.2. The van der Waals surface area contributed by atoms with Crippen LogP contribution in [0.3, 0.4) is 0 Å². The van der Waals surface area contributed by atoms with Crippen LogP contribution in [0.2, 0.25) is 0 Å². The Bertz CT molecular complexity index is 346. The first-order valence-corrected chi connectivity index (χ1v) is 7.00. The molecule has 0 amide bonds. The molecule has 0 spiro atoms. The summed E-state index contributed by atoms with van der Waals surface area (Å²) in [7, 11) is 1.68. The van der Waals surface area contributed by atoms with Crippen molar-refractivity contribution in [3.8, 4) is 5.75 Å². The van der Waals surface area contributed by atoms with E-state index in [1.54, 1.807) is 7.11 Å². The van der Waals surface area contributed by atoms with Crippen LogP contribution in [-0.4, -0.2) is 25.8 Å². The lowest BCUT2D eigenvalue weighted by molar-refractivity contribution is 0.0103. The van der Waals surface area contributed by atoms with Gasteiger partial charge in [-0.2, -0.15) is 0 Å². The number of hydrogen-bond acceptors (Lipinski definition) is 3. The van der Waals surface area contributed by atoms with Crippen LogP contribution < -0.4 is 10.1 Å². The van der Waals surface area contributed by atoms with Crippen LogP contribution in [0.4, 0.5) is 0 Å². The Balaban J connectivity index is 2.45. The maximum atomic E-state index is 6.01. The molecule has 0 aromatic heterocycles. The highest BCUT2D eigenvalue weighted by Crippen LogP contribution is 2.14. The summed E-state index contributed by atoms with van der Waals surface area (Å²) >= 11 is 0. The molecule has 1 aromatic carbocycles. The van der Waals surface area contributed by atoms with E-state index in [2.05, 4.69) is 33.0 Å². The van der Waals surface area contributed by atoms with Crippen LogP contribution >= 0.6 is 0 Å². The lowest BCUT2D eigenvalue weighted by atomic mass is 10.1. The predicted octanol–water partition coefficient (Wildman–Crippen LogP) is 3.23. The molecule has 1 rings (SSSR count).